The van der Waals surface area contributed by atoms with Gasteiger partial charge in [-0.25, -0.2) is 13.2 Å². The number of rotatable bonds is 3. The van der Waals surface area contributed by atoms with Gasteiger partial charge in [0.2, 0.25) is 0 Å². The molecule has 0 aromatic heterocycles. The summed E-state index contributed by atoms with van der Waals surface area (Å²) in [6.45, 7) is 1.37. The van der Waals surface area contributed by atoms with Crippen molar-refractivity contribution in [2.75, 3.05) is 0 Å². The highest BCUT2D eigenvalue weighted by Gasteiger charge is 2.19. The largest absolute Gasteiger partial charge is 0.481 e. The van der Waals surface area contributed by atoms with Crippen molar-refractivity contribution in [3.8, 4) is 0 Å². The fourth-order valence-corrected chi connectivity index (χ4v) is 1.39. The number of carboxylic acids is 1. The Morgan fingerprint density at radius 3 is 2.20 bits per heavy atom. The van der Waals surface area contributed by atoms with Crippen molar-refractivity contribution < 1.29 is 23.1 Å². The molecule has 1 atom stereocenters. The van der Waals surface area contributed by atoms with Crippen LogP contribution in [-0.2, 0) is 4.79 Å². The van der Waals surface area contributed by atoms with Gasteiger partial charge in [-0.3, -0.25) is 4.79 Å². The minimum atomic E-state index is -1.16. The summed E-state index contributed by atoms with van der Waals surface area (Å²) in [5, 5.41) is 8.46. The molecule has 0 saturated heterocycles. The van der Waals surface area contributed by atoms with E-state index in [-0.39, 0.29) is 5.56 Å². The Morgan fingerprint density at radius 2 is 1.80 bits per heavy atom. The monoisotopic (exact) mass is 218 g/mol. The number of benzene rings is 1. The summed E-state index contributed by atoms with van der Waals surface area (Å²) in [7, 11) is 0. The van der Waals surface area contributed by atoms with E-state index < -0.39 is 35.8 Å². The van der Waals surface area contributed by atoms with Crippen LogP contribution < -0.4 is 0 Å². The summed E-state index contributed by atoms with van der Waals surface area (Å²) in [6.07, 6.45) is -0.403. The molecule has 5 heteroatoms. The molecule has 0 bridgehead atoms. The topological polar surface area (TPSA) is 37.3 Å². The lowest BCUT2D eigenvalue weighted by Crippen LogP contribution is -2.07. The normalized spacial score (nSPS) is 12.5. The second kappa shape index (κ2) is 4.33. The first-order valence-corrected chi connectivity index (χ1v) is 4.28. The van der Waals surface area contributed by atoms with Gasteiger partial charge in [-0.1, -0.05) is 6.92 Å². The Hall–Kier alpha value is -1.52. The zero-order valence-electron chi connectivity index (χ0n) is 7.93. The summed E-state index contributed by atoms with van der Waals surface area (Å²) in [6, 6.07) is 1.08. The highest BCUT2D eigenvalue weighted by molar-refractivity contribution is 5.68. The number of hydrogen-bond acceptors (Lipinski definition) is 1. The number of carbonyl (C=O) groups is 1. The molecule has 0 amide bonds. The molecule has 15 heavy (non-hydrogen) atoms. The van der Waals surface area contributed by atoms with E-state index >= 15 is 0 Å². The maximum absolute atomic E-state index is 13.1. The minimum absolute atomic E-state index is 0.390. The summed E-state index contributed by atoms with van der Waals surface area (Å²) in [5.74, 6) is -5.12. The third-order valence-corrected chi connectivity index (χ3v) is 2.02. The van der Waals surface area contributed by atoms with Crippen molar-refractivity contribution >= 4 is 5.97 Å². The second-order valence-electron chi connectivity index (χ2n) is 3.28. The van der Waals surface area contributed by atoms with Gasteiger partial charge in [0.25, 0.3) is 0 Å². The zero-order chi connectivity index (χ0) is 11.6. The highest BCUT2D eigenvalue weighted by Crippen LogP contribution is 2.25. The molecule has 0 radical (unpaired) electrons. The molecule has 0 heterocycles. The van der Waals surface area contributed by atoms with Gasteiger partial charge in [0.05, 0.1) is 6.42 Å². The third-order valence-electron chi connectivity index (χ3n) is 2.02. The van der Waals surface area contributed by atoms with Crippen LogP contribution in [0.15, 0.2) is 12.1 Å². The first-order valence-electron chi connectivity index (χ1n) is 4.28. The lowest BCUT2D eigenvalue weighted by Gasteiger charge is -2.11. The van der Waals surface area contributed by atoms with Crippen molar-refractivity contribution in [2.45, 2.75) is 19.3 Å². The van der Waals surface area contributed by atoms with Gasteiger partial charge in [0.15, 0.2) is 0 Å². The molecule has 0 saturated carbocycles. The predicted molar refractivity (Wildman–Crippen MR) is 47.0 cm³/mol. The Bertz CT molecular complexity index is 367. The summed E-state index contributed by atoms with van der Waals surface area (Å²) >= 11 is 0. The Morgan fingerprint density at radius 1 is 1.33 bits per heavy atom. The smallest absolute Gasteiger partial charge is 0.303 e. The van der Waals surface area contributed by atoms with E-state index in [1.165, 1.54) is 6.92 Å². The first kappa shape index (κ1) is 11.6. The van der Waals surface area contributed by atoms with Crippen molar-refractivity contribution in [3.05, 3.63) is 35.1 Å². The van der Waals surface area contributed by atoms with E-state index in [9.17, 15) is 18.0 Å². The molecule has 1 rings (SSSR count). The SMILES string of the molecule is CC(CC(=O)O)c1c(F)cc(F)cc1F. The fourth-order valence-electron chi connectivity index (χ4n) is 1.39. The lowest BCUT2D eigenvalue weighted by molar-refractivity contribution is -0.137. The van der Waals surface area contributed by atoms with Crippen LogP contribution in [0.25, 0.3) is 0 Å². The molecule has 0 aliphatic rings. The lowest BCUT2D eigenvalue weighted by atomic mass is 9.96. The fraction of sp³-hybridized carbons (Fsp3) is 0.300. The molecule has 2 nitrogen and oxygen atoms in total. The van der Waals surface area contributed by atoms with Crippen LogP contribution in [0.4, 0.5) is 13.2 Å². The first-order chi connectivity index (χ1) is 6.91. The highest BCUT2D eigenvalue weighted by atomic mass is 19.1. The maximum atomic E-state index is 13.1. The molecular weight excluding hydrogens is 209 g/mol. The van der Waals surface area contributed by atoms with Crippen molar-refractivity contribution in [3.63, 3.8) is 0 Å². The average Bonchev–Trinajstić information content (AvgIpc) is 1.99. The van der Waals surface area contributed by atoms with Gasteiger partial charge in [0, 0.05) is 17.7 Å². The van der Waals surface area contributed by atoms with E-state index in [2.05, 4.69) is 0 Å². The number of carboxylic acid groups (broad SMARTS) is 1. The quantitative estimate of drug-likeness (QED) is 0.846. The van der Waals surface area contributed by atoms with E-state index in [0.29, 0.717) is 12.1 Å². The van der Waals surface area contributed by atoms with Crippen LogP contribution in [0.5, 0.6) is 0 Å². The van der Waals surface area contributed by atoms with Crippen molar-refractivity contribution in [1.29, 1.82) is 0 Å². The van der Waals surface area contributed by atoms with Crippen LogP contribution in [0.1, 0.15) is 24.8 Å². The van der Waals surface area contributed by atoms with E-state index in [4.69, 9.17) is 5.11 Å². The molecule has 1 aromatic carbocycles. The van der Waals surface area contributed by atoms with E-state index in [1.54, 1.807) is 0 Å². The van der Waals surface area contributed by atoms with Gasteiger partial charge in [-0.2, -0.15) is 0 Å². The van der Waals surface area contributed by atoms with Gasteiger partial charge in [-0.05, 0) is 5.92 Å². The average molecular weight is 218 g/mol. The third kappa shape index (κ3) is 2.71. The van der Waals surface area contributed by atoms with Crippen molar-refractivity contribution in [1.82, 2.24) is 0 Å². The maximum Gasteiger partial charge on any atom is 0.303 e. The van der Waals surface area contributed by atoms with E-state index in [1.807, 2.05) is 0 Å². The number of hydrogen-bond donors (Lipinski definition) is 1. The van der Waals surface area contributed by atoms with Gasteiger partial charge in [-0.15, -0.1) is 0 Å². The van der Waals surface area contributed by atoms with Crippen molar-refractivity contribution in [2.24, 2.45) is 0 Å². The zero-order valence-corrected chi connectivity index (χ0v) is 7.93. The molecular formula is C10H9F3O2. The summed E-state index contributed by atoms with van der Waals surface area (Å²) in [5.41, 5.74) is -0.390. The van der Waals surface area contributed by atoms with Crippen LogP contribution in [0.2, 0.25) is 0 Å². The Labute approximate surface area is 84.3 Å². The molecule has 0 spiro atoms. The minimum Gasteiger partial charge on any atom is -0.481 e. The molecule has 1 N–H and O–H groups in total. The Balaban J connectivity index is 3.08. The van der Waals surface area contributed by atoms with Gasteiger partial charge >= 0.3 is 5.97 Å². The molecule has 1 unspecified atom stereocenters. The predicted octanol–water partition coefficient (Wildman–Crippen LogP) is 2.68. The molecule has 1 aromatic rings. The van der Waals surface area contributed by atoms with Crippen LogP contribution >= 0.6 is 0 Å². The Kier molecular flexibility index (Phi) is 3.34. The number of aliphatic carboxylic acids is 1. The van der Waals surface area contributed by atoms with Crippen LogP contribution in [0, 0.1) is 17.5 Å². The summed E-state index contributed by atoms with van der Waals surface area (Å²) in [4.78, 5) is 10.4. The molecule has 0 aliphatic carbocycles. The van der Waals surface area contributed by atoms with Gasteiger partial charge in [0.1, 0.15) is 17.5 Å². The molecule has 82 valence electrons. The number of halogens is 3. The van der Waals surface area contributed by atoms with Crippen LogP contribution in [0.3, 0.4) is 0 Å². The second-order valence-corrected chi connectivity index (χ2v) is 3.28. The standard InChI is InChI=1S/C10H9F3O2/c1-5(2-9(14)15)10-7(12)3-6(11)4-8(10)13/h3-5H,2H2,1H3,(H,14,15). The molecule has 0 aliphatic heterocycles. The van der Waals surface area contributed by atoms with E-state index in [0.717, 1.165) is 0 Å². The van der Waals surface area contributed by atoms with Crippen LogP contribution in [-0.4, -0.2) is 11.1 Å². The summed E-state index contributed by atoms with van der Waals surface area (Å²) < 4.78 is 38.8. The molecule has 0 fully saturated rings. The van der Waals surface area contributed by atoms with Gasteiger partial charge < -0.3 is 5.11 Å².